The molecule has 2 amide bonds. The Morgan fingerprint density at radius 2 is 1.91 bits per heavy atom. The van der Waals surface area contributed by atoms with Crippen LogP contribution >= 0.6 is 0 Å². The summed E-state index contributed by atoms with van der Waals surface area (Å²) in [6.45, 7) is 2.86. The summed E-state index contributed by atoms with van der Waals surface area (Å²) in [5.74, 6) is 0.795. The molecule has 2 aliphatic rings. The van der Waals surface area contributed by atoms with E-state index in [0.717, 1.165) is 5.56 Å². The molecular weight excluding hydrogens is 446 g/mol. The number of carbonyl (C=O) groups excluding carboxylic acids is 2. The van der Waals surface area contributed by atoms with Gasteiger partial charge < -0.3 is 19.7 Å². The van der Waals surface area contributed by atoms with Crippen molar-refractivity contribution in [2.75, 3.05) is 38.6 Å². The number of hydrogen-bond donors (Lipinski definition) is 1. The van der Waals surface area contributed by atoms with Crippen LogP contribution in [0.25, 0.3) is 0 Å². The van der Waals surface area contributed by atoms with Crippen LogP contribution in [0, 0.1) is 0 Å². The standard InChI is InChI=1S/C23H27N3O6S/c1-3-20-23(28)24-19-15-18(7-8-21(19)32-20)33(29,30)26-11-9-25(10-12-26)22(27)14-16-5-4-6-17(13-16)31-2/h4-8,13,15,20H,3,9-12,14H2,1-2H3,(H,24,28)/t20-/m0/s1. The molecule has 9 nitrogen and oxygen atoms in total. The summed E-state index contributed by atoms with van der Waals surface area (Å²) in [6, 6.07) is 11.8. The Labute approximate surface area is 193 Å². The lowest BCUT2D eigenvalue weighted by Gasteiger charge is -2.34. The van der Waals surface area contributed by atoms with E-state index in [2.05, 4.69) is 5.32 Å². The van der Waals surface area contributed by atoms with E-state index in [4.69, 9.17) is 9.47 Å². The van der Waals surface area contributed by atoms with Gasteiger partial charge in [0.2, 0.25) is 15.9 Å². The van der Waals surface area contributed by atoms with Gasteiger partial charge in [-0.3, -0.25) is 9.59 Å². The third kappa shape index (κ3) is 4.81. The molecule has 0 saturated carbocycles. The Bertz CT molecular complexity index is 1160. The molecule has 1 saturated heterocycles. The van der Waals surface area contributed by atoms with Gasteiger partial charge in [-0.25, -0.2) is 8.42 Å². The van der Waals surface area contributed by atoms with Crippen molar-refractivity contribution in [3.63, 3.8) is 0 Å². The topological polar surface area (TPSA) is 105 Å². The quantitative estimate of drug-likeness (QED) is 0.687. The van der Waals surface area contributed by atoms with E-state index >= 15 is 0 Å². The molecule has 2 aliphatic heterocycles. The largest absolute Gasteiger partial charge is 0.497 e. The molecule has 1 atom stereocenters. The second kappa shape index (κ2) is 9.40. The van der Waals surface area contributed by atoms with Crippen LogP contribution < -0.4 is 14.8 Å². The molecule has 0 unspecified atom stereocenters. The summed E-state index contributed by atoms with van der Waals surface area (Å²) < 4.78 is 38.5. The Hall–Kier alpha value is -3.11. The van der Waals surface area contributed by atoms with Crippen LogP contribution in [0.1, 0.15) is 18.9 Å². The molecule has 33 heavy (non-hydrogen) atoms. The number of piperazine rings is 1. The average molecular weight is 474 g/mol. The molecule has 4 rings (SSSR count). The van der Waals surface area contributed by atoms with Gasteiger partial charge >= 0.3 is 0 Å². The van der Waals surface area contributed by atoms with Crippen molar-refractivity contribution in [1.29, 1.82) is 0 Å². The number of fused-ring (bicyclic) bond motifs is 1. The molecule has 1 fully saturated rings. The van der Waals surface area contributed by atoms with Crippen LogP contribution in [0.2, 0.25) is 0 Å². The van der Waals surface area contributed by atoms with Crippen LogP contribution in [-0.2, 0) is 26.0 Å². The van der Waals surface area contributed by atoms with Gasteiger partial charge in [-0.2, -0.15) is 4.31 Å². The van der Waals surface area contributed by atoms with E-state index in [1.165, 1.54) is 16.4 Å². The molecular formula is C23H27N3O6S. The lowest BCUT2D eigenvalue weighted by molar-refractivity contribution is -0.131. The molecule has 2 heterocycles. The Kier molecular flexibility index (Phi) is 6.57. The second-order valence-electron chi connectivity index (χ2n) is 7.98. The van der Waals surface area contributed by atoms with Crippen molar-refractivity contribution >= 4 is 27.5 Å². The average Bonchev–Trinajstić information content (AvgIpc) is 2.83. The van der Waals surface area contributed by atoms with E-state index in [9.17, 15) is 18.0 Å². The molecule has 0 aromatic heterocycles. The fraction of sp³-hybridized carbons (Fsp3) is 0.391. The highest BCUT2D eigenvalue weighted by atomic mass is 32.2. The molecule has 0 bridgehead atoms. The Balaban J connectivity index is 1.40. The van der Waals surface area contributed by atoms with Crippen molar-refractivity contribution in [3.05, 3.63) is 48.0 Å². The number of ether oxygens (including phenoxy) is 2. The first-order chi connectivity index (χ1) is 15.8. The molecule has 2 aromatic rings. The maximum Gasteiger partial charge on any atom is 0.265 e. The third-order valence-electron chi connectivity index (χ3n) is 5.86. The number of amides is 2. The maximum absolute atomic E-state index is 13.2. The van der Waals surface area contributed by atoms with E-state index < -0.39 is 16.1 Å². The number of anilines is 1. The summed E-state index contributed by atoms with van der Waals surface area (Å²) in [7, 11) is -2.20. The highest BCUT2D eigenvalue weighted by Gasteiger charge is 2.32. The molecule has 0 aliphatic carbocycles. The Morgan fingerprint density at radius 3 is 2.61 bits per heavy atom. The van der Waals surface area contributed by atoms with Gasteiger partial charge in [0, 0.05) is 26.2 Å². The van der Waals surface area contributed by atoms with E-state index in [1.807, 2.05) is 31.2 Å². The summed E-state index contributed by atoms with van der Waals surface area (Å²) >= 11 is 0. The molecule has 1 N–H and O–H groups in total. The minimum Gasteiger partial charge on any atom is -0.497 e. The zero-order chi connectivity index (χ0) is 23.6. The van der Waals surface area contributed by atoms with Crippen LogP contribution in [0.3, 0.4) is 0 Å². The minimum atomic E-state index is -3.78. The zero-order valence-corrected chi connectivity index (χ0v) is 19.4. The van der Waals surface area contributed by atoms with Crippen LogP contribution in [-0.4, -0.2) is 68.8 Å². The number of carbonyl (C=O) groups is 2. The number of sulfonamides is 1. The van der Waals surface area contributed by atoms with Crippen molar-refractivity contribution in [2.24, 2.45) is 0 Å². The van der Waals surface area contributed by atoms with Crippen molar-refractivity contribution in [2.45, 2.75) is 30.8 Å². The highest BCUT2D eigenvalue weighted by Crippen LogP contribution is 2.33. The summed E-state index contributed by atoms with van der Waals surface area (Å²) in [6.07, 6.45) is 0.168. The first-order valence-corrected chi connectivity index (χ1v) is 12.3. The van der Waals surface area contributed by atoms with Crippen molar-refractivity contribution in [3.8, 4) is 11.5 Å². The number of nitrogens with one attached hydrogen (secondary N) is 1. The summed E-state index contributed by atoms with van der Waals surface area (Å²) in [5.41, 5.74) is 1.19. The fourth-order valence-corrected chi connectivity index (χ4v) is 5.40. The van der Waals surface area contributed by atoms with Gasteiger partial charge in [-0.15, -0.1) is 0 Å². The predicted octanol–water partition coefficient (Wildman–Crippen LogP) is 1.88. The van der Waals surface area contributed by atoms with Gasteiger partial charge in [-0.1, -0.05) is 19.1 Å². The summed E-state index contributed by atoms with van der Waals surface area (Å²) in [4.78, 5) is 26.5. The van der Waals surface area contributed by atoms with Gasteiger partial charge in [0.1, 0.15) is 11.5 Å². The van der Waals surface area contributed by atoms with Crippen LogP contribution in [0.15, 0.2) is 47.4 Å². The van der Waals surface area contributed by atoms with Gasteiger partial charge in [0.05, 0.1) is 24.1 Å². The number of rotatable bonds is 6. The predicted molar refractivity (Wildman–Crippen MR) is 122 cm³/mol. The van der Waals surface area contributed by atoms with Crippen molar-refractivity contribution < 1.29 is 27.5 Å². The second-order valence-corrected chi connectivity index (χ2v) is 9.91. The molecule has 0 spiro atoms. The smallest absolute Gasteiger partial charge is 0.265 e. The lowest BCUT2D eigenvalue weighted by atomic mass is 10.1. The lowest BCUT2D eigenvalue weighted by Crippen LogP contribution is -2.50. The van der Waals surface area contributed by atoms with Crippen molar-refractivity contribution in [1.82, 2.24) is 9.21 Å². The van der Waals surface area contributed by atoms with Gasteiger partial charge in [0.25, 0.3) is 5.91 Å². The zero-order valence-electron chi connectivity index (χ0n) is 18.6. The molecule has 0 radical (unpaired) electrons. The molecule has 2 aromatic carbocycles. The summed E-state index contributed by atoms with van der Waals surface area (Å²) in [5, 5.41) is 2.72. The maximum atomic E-state index is 13.2. The number of methoxy groups -OCH3 is 1. The first-order valence-electron chi connectivity index (χ1n) is 10.8. The Morgan fingerprint density at radius 1 is 1.15 bits per heavy atom. The first kappa shape index (κ1) is 23.1. The molecule has 176 valence electrons. The molecule has 10 heteroatoms. The van der Waals surface area contributed by atoms with E-state index in [-0.39, 0.29) is 36.2 Å². The van der Waals surface area contributed by atoms with Gasteiger partial charge in [-0.05, 0) is 42.3 Å². The van der Waals surface area contributed by atoms with Gasteiger partial charge in [0.15, 0.2) is 6.10 Å². The third-order valence-corrected chi connectivity index (χ3v) is 7.75. The number of benzene rings is 2. The van der Waals surface area contributed by atoms with E-state index in [1.54, 1.807) is 18.1 Å². The SMILES string of the molecule is CC[C@@H]1Oc2ccc(S(=O)(=O)N3CCN(C(=O)Cc4cccc(OC)c4)CC3)cc2NC1=O. The minimum absolute atomic E-state index is 0.0561. The highest BCUT2D eigenvalue weighted by molar-refractivity contribution is 7.89. The number of nitrogens with zero attached hydrogens (tertiary/aromatic N) is 2. The van der Waals surface area contributed by atoms with Crippen LogP contribution in [0.5, 0.6) is 11.5 Å². The monoisotopic (exact) mass is 473 g/mol. The van der Waals surface area contributed by atoms with Crippen LogP contribution in [0.4, 0.5) is 5.69 Å². The normalized spacial score (nSPS) is 18.8. The van der Waals surface area contributed by atoms with E-state index in [0.29, 0.717) is 36.7 Å². The fourth-order valence-electron chi connectivity index (χ4n) is 3.95. The number of hydrogen-bond acceptors (Lipinski definition) is 6.